The fourth-order valence-corrected chi connectivity index (χ4v) is 3.11. The highest BCUT2D eigenvalue weighted by Gasteiger charge is 2.36. The lowest BCUT2D eigenvalue weighted by atomic mass is 9.74. The largest absolute Gasteiger partial charge is 0.392 e. The van der Waals surface area contributed by atoms with Crippen molar-refractivity contribution in [1.82, 2.24) is 0 Å². The van der Waals surface area contributed by atoms with Gasteiger partial charge in [0.2, 0.25) is 0 Å². The van der Waals surface area contributed by atoms with E-state index in [1.54, 1.807) is 0 Å². The average Bonchev–Trinajstić information content (AvgIpc) is 2.73. The van der Waals surface area contributed by atoms with Crippen molar-refractivity contribution in [3.63, 3.8) is 0 Å². The third kappa shape index (κ3) is 6.60. The molecule has 3 heteroatoms. The molecule has 2 aromatic carbocycles. The third-order valence-corrected chi connectivity index (χ3v) is 5.31. The molecule has 0 aromatic heterocycles. The minimum absolute atomic E-state index is 0.0752. The molecule has 2 aromatic rings. The molecule has 3 unspecified atom stereocenters. The maximum atomic E-state index is 11.8. The molecule has 0 amide bonds. The molecule has 0 aliphatic carbocycles. The molecule has 0 bridgehead atoms. The van der Waals surface area contributed by atoms with Crippen molar-refractivity contribution in [2.45, 2.75) is 65.6 Å². The Kier molecular flexibility index (Phi) is 9.98. The van der Waals surface area contributed by atoms with Crippen LogP contribution in [0.2, 0.25) is 0 Å². The summed E-state index contributed by atoms with van der Waals surface area (Å²) in [5, 5.41) is 19.7. The summed E-state index contributed by atoms with van der Waals surface area (Å²) in [6.45, 7) is 8.01. The van der Waals surface area contributed by atoms with Gasteiger partial charge in [-0.25, -0.2) is 0 Å². The van der Waals surface area contributed by atoms with E-state index in [9.17, 15) is 15.0 Å². The number of rotatable bonds is 8. The SMILES string of the molecule is CCCC(O)C(C)(CC)C(O)CC.O=C(c1ccccc1)c1ccccc1. The van der Waals surface area contributed by atoms with Crippen molar-refractivity contribution >= 4 is 5.78 Å². The van der Waals surface area contributed by atoms with Crippen LogP contribution in [0.25, 0.3) is 0 Å². The monoisotopic (exact) mass is 370 g/mol. The molecular formula is C24H34O3. The summed E-state index contributed by atoms with van der Waals surface area (Å²) in [6, 6.07) is 18.6. The van der Waals surface area contributed by atoms with Crippen LogP contribution < -0.4 is 0 Å². The fraction of sp³-hybridized carbons (Fsp3) is 0.458. The zero-order valence-electron chi connectivity index (χ0n) is 17.1. The number of ketones is 1. The lowest BCUT2D eigenvalue weighted by Gasteiger charge is -2.37. The molecule has 3 atom stereocenters. The van der Waals surface area contributed by atoms with Crippen LogP contribution in [0, 0.1) is 5.41 Å². The summed E-state index contributed by atoms with van der Waals surface area (Å²) in [7, 11) is 0. The predicted octanol–water partition coefficient (Wildman–Crippen LogP) is 5.25. The Morgan fingerprint density at radius 1 is 0.852 bits per heavy atom. The van der Waals surface area contributed by atoms with Gasteiger partial charge in [-0.2, -0.15) is 0 Å². The summed E-state index contributed by atoms with van der Waals surface area (Å²) in [6.07, 6.45) is 2.51. The summed E-state index contributed by atoms with van der Waals surface area (Å²) in [4.78, 5) is 11.8. The number of hydrogen-bond acceptors (Lipinski definition) is 3. The van der Waals surface area contributed by atoms with E-state index in [0.29, 0.717) is 6.42 Å². The molecule has 2 N–H and O–H groups in total. The first-order chi connectivity index (χ1) is 12.9. The second-order valence-corrected chi connectivity index (χ2v) is 7.15. The van der Waals surface area contributed by atoms with Crippen LogP contribution >= 0.6 is 0 Å². The number of aliphatic hydroxyl groups excluding tert-OH is 2. The Labute approximate surface area is 164 Å². The van der Waals surface area contributed by atoms with Gasteiger partial charge in [0, 0.05) is 16.5 Å². The lowest BCUT2D eigenvalue weighted by molar-refractivity contribution is -0.0661. The van der Waals surface area contributed by atoms with E-state index in [0.717, 1.165) is 30.4 Å². The van der Waals surface area contributed by atoms with Crippen molar-refractivity contribution in [2.24, 2.45) is 5.41 Å². The van der Waals surface area contributed by atoms with Gasteiger partial charge in [0.05, 0.1) is 12.2 Å². The molecule has 3 nitrogen and oxygen atoms in total. The van der Waals surface area contributed by atoms with E-state index in [4.69, 9.17) is 0 Å². The van der Waals surface area contributed by atoms with E-state index in [-0.39, 0.29) is 23.4 Å². The summed E-state index contributed by atoms with van der Waals surface area (Å²) in [5.41, 5.74) is 1.14. The highest BCUT2D eigenvalue weighted by atomic mass is 16.3. The van der Waals surface area contributed by atoms with Gasteiger partial charge in [-0.05, 0) is 19.3 Å². The summed E-state index contributed by atoms with van der Waals surface area (Å²) >= 11 is 0. The van der Waals surface area contributed by atoms with E-state index >= 15 is 0 Å². The minimum atomic E-state index is -0.390. The van der Waals surface area contributed by atoms with E-state index in [2.05, 4.69) is 6.92 Å². The Hall–Kier alpha value is -1.97. The molecule has 0 heterocycles. The molecule has 0 spiro atoms. The van der Waals surface area contributed by atoms with Crippen molar-refractivity contribution in [3.8, 4) is 0 Å². The number of benzene rings is 2. The van der Waals surface area contributed by atoms with Gasteiger partial charge in [-0.1, -0.05) is 94.8 Å². The molecule has 0 radical (unpaired) electrons. The minimum Gasteiger partial charge on any atom is -0.392 e. The van der Waals surface area contributed by atoms with Crippen LogP contribution in [0.4, 0.5) is 0 Å². The molecule has 0 saturated carbocycles. The predicted molar refractivity (Wildman–Crippen MR) is 112 cm³/mol. The topological polar surface area (TPSA) is 57.5 Å². The van der Waals surface area contributed by atoms with Gasteiger partial charge in [-0.3, -0.25) is 4.79 Å². The zero-order chi connectivity index (χ0) is 20.3. The molecule has 0 fully saturated rings. The molecule has 0 saturated heterocycles. The Balaban J connectivity index is 0.000000271. The van der Waals surface area contributed by atoms with Crippen LogP contribution in [0.5, 0.6) is 0 Å². The molecule has 148 valence electrons. The normalized spacial score (nSPS) is 15.0. The Morgan fingerprint density at radius 2 is 1.30 bits per heavy atom. The van der Waals surface area contributed by atoms with Crippen LogP contribution in [-0.2, 0) is 0 Å². The van der Waals surface area contributed by atoms with Crippen molar-refractivity contribution in [1.29, 1.82) is 0 Å². The third-order valence-electron chi connectivity index (χ3n) is 5.31. The standard InChI is InChI=1S/C13H10O.C11H24O2/c14-13(11-7-3-1-4-8-11)12-9-5-2-6-10-12;1-5-8-10(13)11(4,7-3)9(12)6-2/h1-10H;9-10,12-13H,5-8H2,1-4H3. The van der Waals surface area contributed by atoms with Gasteiger partial charge >= 0.3 is 0 Å². The quantitative estimate of drug-likeness (QED) is 0.624. The highest BCUT2D eigenvalue weighted by molar-refractivity contribution is 6.08. The maximum absolute atomic E-state index is 11.8. The summed E-state index contributed by atoms with van der Waals surface area (Å²) < 4.78 is 0. The van der Waals surface area contributed by atoms with Gasteiger partial charge in [0.25, 0.3) is 0 Å². The van der Waals surface area contributed by atoms with E-state index in [1.807, 2.05) is 81.4 Å². The smallest absolute Gasteiger partial charge is 0.193 e. The van der Waals surface area contributed by atoms with Gasteiger partial charge < -0.3 is 10.2 Å². The van der Waals surface area contributed by atoms with Crippen LogP contribution in [0.1, 0.15) is 69.3 Å². The number of carbonyl (C=O) groups excluding carboxylic acids is 1. The highest BCUT2D eigenvalue weighted by Crippen LogP contribution is 2.33. The molecule has 0 aliphatic rings. The first-order valence-corrected chi connectivity index (χ1v) is 9.91. The first kappa shape index (κ1) is 23.1. The number of aliphatic hydroxyl groups is 2. The second-order valence-electron chi connectivity index (χ2n) is 7.15. The lowest BCUT2D eigenvalue weighted by Crippen LogP contribution is -2.42. The van der Waals surface area contributed by atoms with Crippen molar-refractivity contribution < 1.29 is 15.0 Å². The first-order valence-electron chi connectivity index (χ1n) is 9.91. The Bertz CT molecular complexity index is 612. The number of hydrogen-bond donors (Lipinski definition) is 2. The summed E-state index contributed by atoms with van der Waals surface area (Å²) in [5.74, 6) is 0.0752. The zero-order valence-corrected chi connectivity index (χ0v) is 17.1. The molecular weight excluding hydrogens is 336 g/mol. The van der Waals surface area contributed by atoms with Crippen LogP contribution in [0.15, 0.2) is 60.7 Å². The molecule has 0 aliphatic heterocycles. The van der Waals surface area contributed by atoms with Crippen LogP contribution in [0.3, 0.4) is 0 Å². The van der Waals surface area contributed by atoms with Crippen molar-refractivity contribution in [2.75, 3.05) is 0 Å². The molecule has 27 heavy (non-hydrogen) atoms. The van der Waals surface area contributed by atoms with Gasteiger partial charge in [0.1, 0.15) is 0 Å². The Morgan fingerprint density at radius 3 is 1.63 bits per heavy atom. The maximum Gasteiger partial charge on any atom is 0.193 e. The van der Waals surface area contributed by atoms with E-state index < -0.39 is 0 Å². The average molecular weight is 371 g/mol. The number of carbonyl (C=O) groups is 1. The molecule has 2 rings (SSSR count). The van der Waals surface area contributed by atoms with Gasteiger partial charge in [0.15, 0.2) is 5.78 Å². The van der Waals surface area contributed by atoms with Gasteiger partial charge in [-0.15, -0.1) is 0 Å². The van der Waals surface area contributed by atoms with Crippen LogP contribution in [-0.4, -0.2) is 28.2 Å². The fourth-order valence-electron chi connectivity index (χ4n) is 3.11. The van der Waals surface area contributed by atoms with E-state index in [1.165, 1.54) is 0 Å². The second kappa shape index (κ2) is 11.7. The van der Waals surface area contributed by atoms with Crippen molar-refractivity contribution in [3.05, 3.63) is 71.8 Å².